The van der Waals surface area contributed by atoms with Crippen LogP contribution in [0.1, 0.15) is 31.7 Å². The Kier molecular flexibility index (Phi) is 5.41. The number of urea groups is 1. The van der Waals surface area contributed by atoms with Crippen LogP contribution in [-0.2, 0) is 6.42 Å². The Morgan fingerprint density at radius 1 is 1.38 bits per heavy atom. The van der Waals surface area contributed by atoms with Gasteiger partial charge in [0.1, 0.15) is 0 Å². The summed E-state index contributed by atoms with van der Waals surface area (Å²) in [6.07, 6.45) is 5.45. The van der Waals surface area contributed by atoms with Crippen LogP contribution in [0.3, 0.4) is 0 Å². The zero-order valence-corrected chi connectivity index (χ0v) is 14.3. The lowest BCUT2D eigenvalue weighted by atomic mass is 9.92. The minimum atomic E-state index is -0.272. The average Bonchev–Trinajstić information content (AvgIpc) is 3.02. The Labute approximate surface area is 143 Å². The van der Waals surface area contributed by atoms with Crippen LogP contribution in [0.2, 0.25) is 0 Å². The number of hydrogen-bond donors (Lipinski definition) is 3. The fraction of sp³-hybridized carbons (Fsp3) is 0.526. The number of amides is 2. The second-order valence-corrected chi connectivity index (χ2v) is 6.76. The number of carbonyl (C=O) groups excluding carboxylic acids is 1. The van der Waals surface area contributed by atoms with Crippen molar-refractivity contribution in [2.75, 3.05) is 19.6 Å². The van der Waals surface area contributed by atoms with E-state index in [1.165, 1.54) is 10.9 Å². The number of aromatic nitrogens is 1. The number of H-pyrrole nitrogens is 1. The molecule has 130 valence electrons. The summed E-state index contributed by atoms with van der Waals surface area (Å²) in [5, 5.41) is 13.9. The fourth-order valence-corrected chi connectivity index (χ4v) is 3.51. The Bertz CT molecular complexity index is 672. The number of nitrogens with zero attached hydrogens (tertiary/aromatic N) is 1. The van der Waals surface area contributed by atoms with Crippen LogP contribution in [0, 0.1) is 5.92 Å². The number of nitrogens with one attached hydrogen (secondary N) is 2. The number of piperidine rings is 1. The van der Waals surface area contributed by atoms with Gasteiger partial charge in [-0.25, -0.2) is 4.79 Å². The number of aliphatic hydroxyl groups is 1. The van der Waals surface area contributed by atoms with Gasteiger partial charge in [-0.2, -0.15) is 0 Å². The maximum Gasteiger partial charge on any atom is 0.317 e. The van der Waals surface area contributed by atoms with Gasteiger partial charge in [-0.05, 0) is 50.2 Å². The van der Waals surface area contributed by atoms with Crippen molar-refractivity contribution in [3.05, 3.63) is 36.0 Å². The number of likely N-dealkylation sites (tertiary alicyclic amines) is 1. The monoisotopic (exact) mass is 329 g/mol. The maximum absolute atomic E-state index is 12.2. The molecule has 2 heterocycles. The molecule has 0 radical (unpaired) electrons. The molecule has 0 aliphatic carbocycles. The lowest BCUT2D eigenvalue weighted by Crippen LogP contribution is -2.46. The van der Waals surface area contributed by atoms with Crippen LogP contribution in [0.15, 0.2) is 30.5 Å². The van der Waals surface area contributed by atoms with Gasteiger partial charge in [-0.1, -0.05) is 18.2 Å². The van der Waals surface area contributed by atoms with Gasteiger partial charge in [0.15, 0.2) is 0 Å². The third-order valence-electron chi connectivity index (χ3n) is 5.08. The number of rotatable bonds is 5. The topological polar surface area (TPSA) is 68.4 Å². The summed E-state index contributed by atoms with van der Waals surface area (Å²) in [7, 11) is 0. The highest BCUT2D eigenvalue weighted by molar-refractivity contribution is 5.83. The number of carbonyl (C=O) groups is 1. The van der Waals surface area contributed by atoms with E-state index < -0.39 is 0 Å². The summed E-state index contributed by atoms with van der Waals surface area (Å²) in [5.41, 5.74) is 2.47. The first kappa shape index (κ1) is 16.8. The van der Waals surface area contributed by atoms with E-state index in [4.69, 9.17) is 0 Å². The van der Waals surface area contributed by atoms with Gasteiger partial charge >= 0.3 is 6.03 Å². The molecule has 5 heteroatoms. The van der Waals surface area contributed by atoms with E-state index in [0.29, 0.717) is 12.5 Å². The predicted molar refractivity (Wildman–Crippen MR) is 96.0 cm³/mol. The maximum atomic E-state index is 12.2. The Balaban J connectivity index is 1.40. The fourth-order valence-electron chi connectivity index (χ4n) is 3.51. The zero-order chi connectivity index (χ0) is 16.9. The third kappa shape index (κ3) is 3.90. The highest BCUT2D eigenvalue weighted by atomic mass is 16.3. The smallest absolute Gasteiger partial charge is 0.317 e. The lowest BCUT2D eigenvalue weighted by Gasteiger charge is -2.33. The molecular weight excluding hydrogens is 302 g/mol. The molecule has 1 fully saturated rings. The standard InChI is InChI=1S/C19H27N3O2/c1-14(23)15-8-11-22(12-9-15)19(24)20-10-4-5-16-13-21-18-7-3-2-6-17(16)18/h2-3,6-7,13-15,21,23H,4-5,8-12H2,1H3,(H,20,24). The molecule has 2 amide bonds. The summed E-state index contributed by atoms with van der Waals surface area (Å²) < 4.78 is 0. The van der Waals surface area contributed by atoms with Crippen molar-refractivity contribution in [2.45, 2.75) is 38.7 Å². The molecule has 3 rings (SSSR count). The summed E-state index contributed by atoms with van der Waals surface area (Å²) in [4.78, 5) is 17.3. The molecular formula is C19H27N3O2. The Morgan fingerprint density at radius 3 is 2.88 bits per heavy atom. The lowest BCUT2D eigenvalue weighted by molar-refractivity contribution is 0.0798. The minimum Gasteiger partial charge on any atom is -0.393 e. The summed E-state index contributed by atoms with van der Waals surface area (Å²) in [6, 6.07) is 8.32. The highest BCUT2D eigenvalue weighted by Gasteiger charge is 2.25. The number of aromatic amines is 1. The molecule has 1 aromatic heterocycles. The summed E-state index contributed by atoms with van der Waals surface area (Å²) in [6.45, 7) is 4.01. The third-order valence-corrected chi connectivity index (χ3v) is 5.08. The van der Waals surface area contributed by atoms with Gasteiger partial charge in [-0.3, -0.25) is 0 Å². The van der Waals surface area contributed by atoms with Gasteiger partial charge in [0.2, 0.25) is 0 Å². The van der Waals surface area contributed by atoms with Crippen molar-refractivity contribution >= 4 is 16.9 Å². The number of aryl methyl sites for hydroxylation is 1. The van der Waals surface area contributed by atoms with E-state index in [1.54, 1.807) is 0 Å². The molecule has 1 aliphatic rings. The highest BCUT2D eigenvalue weighted by Crippen LogP contribution is 2.21. The number of benzene rings is 1. The van der Waals surface area contributed by atoms with Gasteiger partial charge in [0.05, 0.1) is 6.10 Å². The summed E-state index contributed by atoms with van der Waals surface area (Å²) >= 11 is 0. The van der Waals surface area contributed by atoms with E-state index in [9.17, 15) is 9.90 Å². The predicted octanol–water partition coefficient (Wildman–Crippen LogP) is 2.90. The van der Waals surface area contributed by atoms with E-state index >= 15 is 0 Å². The molecule has 24 heavy (non-hydrogen) atoms. The van der Waals surface area contributed by atoms with Gasteiger partial charge in [0.25, 0.3) is 0 Å². The zero-order valence-electron chi connectivity index (χ0n) is 14.3. The summed E-state index contributed by atoms with van der Waals surface area (Å²) in [5.74, 6) is 0.330. The quantitative estimate of drug-likeness (QED) is 0.738. The molecule has 0 bridgehead atoms. The molecule has 1 aromatic carbocycles. The van der Waals surface area contributed by atoms with Crippen LogP contribution in [-0.4, -0.2) is 46.8 Å². The number of aliphatic hydroxyl groups excluding tert-OH is 1. The van der Waals surface area contributed by atoms with E-state index in [2.05, 4.69) is 34.7 Å². The van der Waals surface area contributed by atoms with Crippen LogP contribution >= 0.6 is 0 Å². The van der Waals surface area contributed by atoms with Gasteiger partial charge < -0.3 is 20.3 Å². The molecule has 2 aromatic rings. The molecule has 0 saturated carbocycles. The number of hydrogen-bond acceptors (Lipinski definition) is 2. The van der Waals surface area contributed by atoms with Crippen molar-refractivity contribution < 1.29 is 9.90 Å². The SMILES string of the molecule is CC(O)C1CCN(C(=O)NCCCc2c[nH]c3ccccc23)CC1. The molecule has 0 spiro atoms. The van der Waals surface area contributed by atoms with Gasteiger partial charge in [0, 0.05) is 36.7 Å². The molecule has 1 aliphatic heterocycles. The Morgan fingerprint density at radius 2 is 2.12 bits per heavy atom. The van der Waals surface area contributed by atoms with E-state index in [0.717, 1.165) is 44.3 Å². The molecule has 1 unspecified atom stereocenters. The molecule has 1 saturated heterocycles. The first-order chi connectivity index (χ1) is 11.6. The van der Waals surface area contributed by atoms with Crippen LogP contribution in [0.5, 0.6) is 0 Å². The van der Waals surface area contributed by atoms with Crippen molar-refractivity contribution in [2.24, 2.45) is 5.92 Å². The minimum absolute atomic E-state index is 0.0259. The largest absolute Gasteiger partial charge is 0.393 e. The Hall–Kier alpha value is -2.01. The van der Waals surface area contributed by atoms with E-state index in [1.807, 2.05) is 17.9 Å². The second kappa shape index (κ2) is 7.71. The van der Waals surface area contributed by atoms with Crippen molar-refractivity contribution in [1.29, 1.82) is 0 Å². The van der Waals surface area contributed by atoms with Crippen molar-refractivity contribution in [3.63, 3.8) is 0 Å². The average molecular weight is 329 g/mol. The molecule has 3 N–H and O–H groups in total. The van der Waals surface area contributed by atoms with Crippen molar-refractivity contribution in [1.82, 2.24) is 15.2 Å². The number of fused-ring (bicyclic) bond motifs is 1. The second-order valence-electron chi connectivity index (χ2n) is 6.76. The number of para-hydroxylation sites is 1. The molecule has 5 nitrogen and oxygen atoms in total. The normalized spacial score (nSPS) is 17.2. The first-order valence-corrected chi connectivity index (χ1v) is 8.91. The van der Waals surface area contributed by atoms with Crippen molar-refractivity contribution in [3.8, 4) is 0 Å². The molecule has 1 atom stereocenters. The van der Waals surface area contributed by atoms with Gasteiger partial charge in [-0.15, -0.1) is 0 Å². The van der Waals surface area contributed by atoms with Crippen LogP contribution in [0.25, 0.3) is 10.9 Å². The first-order valence-electron chi connectivity index (χ1n) is 8.91. The van der Waals surface area contributed by atoms with Crippen LogP contribution < -0.4 is 5.32 Å². The van der Waals surface area contributed by atoms with Crippen LogP contribution in [0.4, 0.5) is 4.79 Å². The van der Waals surface area contributed by atoms with E-state index in [-0.39, 0.29) is 12.1 Å².